The van der Waals surface area contributed by atoms with Crippen LogP contribution in [0.4, 0.5) is 0 Å². The monoisotopic (exact) mass is 283 g/mol. The van der Waals surface area contributed by atoms with Crippen molar-refractivity contribution in [3.8, 4) is 11.5 Å². The van der Waals surface area contributed by atoms with Crippen molar-refractivity contribution in [1.29, 1.82) is 0 Å². The van der Waals surface area contributed by atoms with E-state index in [1.807, 2.05) is 48.5 Å². The summed E-state index contributed by atoms with van der Waals surface area (Å²) in [6.07, 6.45) is 0. The van der Waals surface area contributed by atoms with Crippen LogP contribution in [0.3, 0.4) is 0 Å². The van der Waals surface area contributed by atoms with Gasteiger partial charge in [-0.25, -0.2) is 0 Å². The Morgan fingerprint density at radius 2 is 1.62 bits per heavy atom. The van der Waals surface area contributed by atoms with Crippen LogP contribution in [0.1, 0.15) is 17.4 Å². The van der Waals surface area contributed by atoms with Gasteiger partial charge in [0.05, 0.1) is 25.8 Å². The SMILES string of the molecule is COc1cccc(OC)c1C(N)c1cc2ccccc2o1. The highest BCUT2D eigenvalue weighted by Crippen LogP contribution is 2.37. The highest BCUT2D eigenvalue weighted by molar-refractivity contribution is 5.78. The highest BCUT2D eigenvalue weighted by Gasteiger charge is 2.22. The maximum atomic E-state index is 6.38. The summed E-state index contributed by atoms with van der Waals surface area (Å²) in [5, 5.41) is 1.02. The molecule has 3 aromatic rings. The van der Waals surface area contributed by atoms with E-state index in [0.29, 0.717) is 17.3 Å². The Bertz CT molecular complexity index is 708. The summed E-state index contributed by atoms with van der Waals surface area (Å²) in [7, 11) is 3.23. The lowest BCUT2D eigenvalue weighted by Crippen LogP contribution is -2.13. The summed E-state index contributed by atoms with van der Waals surface area (Å²) in [5.74, 6) is 2.05. The Morgan fingerprint density at radius 3 is 2.24 bits per heavy atom. The molecule has 0 aliphatic rings. The molecule has 0 radical (unpaired) electrons. The second-order valence-corrected chi connectivity index (χ2v) is 4.74. The second kappa shape index (κ2) is 5.50. The Morgan fingerprint density at radius 1 is 0.952 bits per heavy atom. The lowest BCUT2D eigenvalue weighted by molar-refractivity contribution is 0.378. The molecule has 108 valence electrons. The Labute approximate surface area is 123 Å². The molecular weight excluding hydrogens is 266 g/mol. The number of nitrogens with two attached hydrogens (primary N) is 1. The maximum Gasteiger partial charge on any atom is 0.134 e. The van der Waals surface area contributed by atoms with Crippen LogP contribution in [0.2, 0.25) is 0 Å². The molecule has 1 aromatic heterocycles. The van der Waals surface area contributed by atoms with Gasteiger partial charge in [-0.15, -0.1) is 0 Å². The van der Waals surface area contributed by atoms with Gasteiger partial charge in [0.2, 0.25) is 0 Å². The molecule has 0 amide bonds. The molecule has 21 heavy (non-hydrogen) atoms. The zero-order valence-electron chi connectivity index (χ0n) is 12.0. The molecule has 2 aromatic carbocycles. The van der Waals surface area contributed by atoms with Crippen molar-refractivity contribution in [3.05, 3.63) is 59.9 Å². The molecule has 4 nitrogen and oxygen atoms in total. The van der Waals surface area contributed by atoms with Crippen molar-refractivity contribution in [1.82, 2.24) is 0 Å². The first kappa shape index (κ1) is 13.5. The van der Waals surface area contributed by atoms with Gasteiger partial charge in [-0.1, -0.05) is 24.3 Å². The van der Waals surface area contributed by atoms with Gasteiger partial charge in [-0.3, -0.25) is 0 Å². The quantitative estimate of drug-likeness (QED) is 0.796. The summed E-state index contributed by atoms with van der Waals surface area (Å²) >= 11 is 0. The number of fused-ring (bicyclic) bond motifs is 1. The van der Waals surface area contributed by atoms with Gasteiger partial charge in [0.15, 0.2) is 0 Å². The summed E-state index contributed by atoms with van der Waals surface area (Å²) < 4.78 is 16.7. The molecule has 0 saturated heterocycles. The van der Waals surface area contributed by atoms with E-state index in [-0.39, 0.29) is 0 Å². The van der Waals surface area contributed by atoms with Crippen LogP contribution in [-0.2, 0) is 0 Å². The molecule has 0 aliphatic heterocycles. The van der Waals surface area contributed by atoms with Crippen LogP contribution in [0.25, 0.3) is 11.0 Å². The fourth-order valence-corrected chi connectivity index (χ4v) is 2.48. The van der Waals surface area contributed by atoms with Crippen LogP contribution >= 0.6 is 0 Å². The van der Waals surface area contributed by atoms with E-state index in [4.69, 9.17) is 19.6 Å². The molecule has 0 aliphatic carbocycles. The predicted molar refractivity (Wildman–Crippen MR) is 81.8 cm³/mol. The average Bonchev–Trinajstić information content (AvgIpc) is 2.97. The van der Waals surface area contributed by atoms with E-state index in [9.17, 15) is 0 Å². The number of benzene rings is 2. The summed E-state index contributed by atoms with van der Waals surface area (Å²) in [6.45, 7) is 0. The summed E-state index contributed by atoms with van der Waals surface area (Å²) in [4.78, 5) is 0. The van der Waals surface area contributed by atoms with E-state index < -0.39 is 6.04 Å². The number of furan rings is 1. The first-order chi connectivity index (χ1) is 10.2. The molecular formula is C17H17NO3. The fourth-order valence-electron chi connectivity index (χ4n) is 2.48. The fraction of sp³-hybridized carbons (Fsp3) is 0.176. The van der Waals surface area contributed by atoms with Gasteiger partial charge < -0.3 is 19.6 Å². The zero-order valence-corrected chi connectivity index (χ0v) is 12.0. The summed E-state index contributed by atoms with van der Waals surface area (Å²) in [5.41, 5.74) is 7.97. The van der Waals surface area contributed by atoms with Crippen molar-refractivity contribution >= 4 is 11.0 Å². The molecule has 1 unspecified atom stereocenters. The van der Waals surface area contributed by atoms with Crippen LogP contribution in [-0.4, -0.2) is 14.2 Å². The minimum absolute atomic E-state index is 0.455. The topological polar surface area (TPSA) is 57.6 Å². The van der Waals surface area contributed by atoms with Crippen molar-refractivity contribution in [2.75, 3.05) is 14.2 Å². The molecule has 0 spiro atoms. The minimum Gasteiger partial charge on any atom is -0.496 e. The Balaban J connectivity index is 2.11. The third kappa shape index (κ3) is 2.34. The van der Waals surface area contributed by atoms with Crippen molar-refractivity contribution in [3.63, 3.8) is 0 Å². The van der Waals surface area contributed by atoms with E-state index >= 15 is 0 Å². The number of hydrogen-bond donors (Lipinski definition) is 1. The van der Waals surface area contributed by atoms with Crippen molar-refractivity contribution in [2.45, 2.75) is 6.04 Å². The van der Waals surface area contributed by atoms with Gasteiger partial charge >= 0.3 is 0 Å². The lowest BCUT2D eigenvalue weighted by Gasteiger charge is -2.17. The van der Waals surface area contributed by atoms with E-state index in [1.54, 1.807) is 14.2 Å². The Kier molecular flexibility index (Phi) is 3.54. The molecule has 0 bridgehead atoms. The highest BCUT2D eigenvalue weighted by atomic mass is 16.5. The number of methoxy groups -OCH3 is 2. The van der Waals surface area contributed by atoms with Gasteiger partial charge in [0.1, 0.15) is 22.8 Å². The number of hydrogen-bond acceptors (Lipinski definition) is 4. The van der Waals surface area contributed by atoms with Crippen molar-refractivity contribution in [2.24, 2.45) is 5.73 Å². The van der Waals surface area contributed by atoms with Crippen LogP contribution in [0.5, 0.6) is 11.5 Å². The summed E-state index contributed by atoms with van der Waals surface area (Å²) in [6, 6.07) is 14.9. The van der Waals surface area contributed by atoms with Gasteiger partial charge in [-0.05, 0) is 24.3 Å². The normalized spacial score (nSPS) is 12.3. The number of rotatable bonds is 4. The van der Waals surface area contributed by atoms with E-state index in [1.165, 1.54) is 0 Å². The largest absolute Gasteiger partial charge is 0.496 e. The first-order valence-electron chi connectivity index (χ1n) is 6.69. The molecule has 3 rings (SSSR count). The van der Waals surface area contributed by atoms with Gasteiger partial charge in [-0.2, -0.15) is 0 Å². The number of ether oxygens (including phenoxy) is 2. The maximum absolute atomic E-state index is 6.38. The molecule has 1 atom stereocenters. The van der Waals surface area contributed by atoms with Gasteiger partial charge in [0, 0.05) is 5.39 Å². The van der Waals surface area contributed by atoms with Crippen LogP contribution in [0, 0.1) is 0 Å². The minimum atomic E-state index is -0.455. The molecule has 0 saturated carbocycles. The third-order valence-electron chi connectivity index (χ3n) is 3.53. The Hall–Kier alpha value is -2.46. The predicted octanol–water partition coefficient (Wildman–Crippen LogP) is 3.50. The molecule has 4 heteroatoms. The van der Waals surface area contributed by atoms with Crippen LogP contribution in [0.15, 0.2) is 52.9 Å². The van der Waals surface area contributed by atoms with Crippen molar-refractivity contribution < 1.29 is 13.9 Å². The molecule has 1 heterocycles. The lowest BCUT2D eigenvalue weighted by atomic mass is 10.0. The first-order valence-corrected chi connectivity index (χ1v) is 6.69. The molecule has 0 fully saturated rings. The van der Waals surface area contributed by atoms with Crippen LogP contribution < -0.4 is 15.2 Å². The standard InChI is InChI=1S/C17H17NO3/c1-19-13-8-5-9-14(20-2)16(13)17(18)15-10-11-6-3-4-7-12(11)21-15/h3-10,17H,18H2,1-2H3. The number of para-hydroxylation sites is 1. The average molecular weight is 283 g/mol. The second-order valence-electron chi connectivity index (χ2n) is 4.74. The third-order valence-corrected chi connectivity index (χ3v) is 3.53. The molecule has 2 N–H and O–H groups in total. The smallest absolute Gasteiger partial charge is 0.134 e. The zero-order chi connectivity index (χ0) is 14.8. The van der Waals surface area contributed by atoms with Gasteiger partial charge in [0.25, 0.3) is 0 Å². The van der Waals surface area contributed by atoms with E-state index in [2.05, 4.69) is 0 Å². The van der Waals surface area contributed by atoms with E-state index in [0.717, 1.165) is 16.5 Å².